The molecule has 0 spiro atoms. The first-order valence-electron chi connectivity index (χ1n) is 13.6. The van der Waals surface area contributed by atoms with Crippen molar-refractivity contribution in [3.8, 4) is 27.8 Å². The number of β-amino-alcohol motifs (C(OH)–C–C–N with tert-alkyl or cyclic N) is 1. The predicted octanol–water partition coefficient (Wildman–Crippen LogP) is 6.19. The maximum absolute atomic E-state index is 12.8. The Hall–Kier alpha value is -3.77. The molecule has 0 aliphatic carbocycles. The van der Waals surface area contributed by atoms with Crippen LogP contribution >= 0.6 is 11.3 Å². The molecule has 3 aromatic carbocycles. The van der Waals surface area contributed by atoms with Crippen molar-refractivity contribution in [1.29, 1.82) is 0 Å². The number of alkyl halides is 3. The summed E-state index contributed by atoms with van der Waals surface area (Å²) in [6, 6.07) is 20.3. The molecular weight excluding hydrogens is 565 g/mol. The fourth-order valence-corrected chi connectivity index (χ4v) is 5.73. The lowest BCUT2D eigenvalue weighted by Crippen LogP contribution is -2.48. The molecule has 0 bridgehead atoms. The van der Waals surface area contributed by atoms with Crippen molar-refractivity contribution in [3.05, 3.63) is 89.4 Å². The molecule has 1 fully saturated rings. The summed E-state index contributed by atoms with van der Waals surface area (Å²) in [5.41, 5.74) is 3.19. The van der Waals surface area contributed by atoms with Gasteiger partial charge in [-0.25, -0.2) is 9.97 Å². The zero-order chi connectivity index (χ0) is 29.1. The molecule has 1 aliphatic rings. The molecule has 1 aliphatic heterocycles. The van der Waals surface area contributed by atoms with Crippen LogP contribution in [-0.2, 0) is 12.7 Å². The number of aliphatic hydroxyl groups excluding tert-OH is 1. The van der Waals surface area contributed by atoms with Crippen molar-refractivity contribution < 1.29 is 27.4 Å². The molecule has 1 saturated heterocycles. The van der Waals surface area contributed by atoms with Crippen molar-refractivity contribution in [2.75, 3.05) is 39.3 Å². The van der Waals surface area contributed by atoms with Gasteiger partial charge in [-0.1, -0.05) is 30.3 Å². The van der Waals surface area contributed by atoms with E-state index in [2.05, 4.69) is 19.8 Å². The van der Waals surface area contributed by atoms with Crippen molar-refractivity contribution in [2.45, 2.75) is 18.8 Å². The van der Waals surface area contributed by atoms with E-state index in [0.29, 0.717) is 46.4 Å². The number of piperazine rings is 1. The molecule has 6 rings (SSSR count). The predicted molar refractivity (Wildman–Crippen MR) is 155 cm³/mol. The third-order valence-corrected chi connectivity index (χ3v) is 8.09. The van der Waals surface area contributed by atoms with Crippen LogP contribution in [0.25, 0.3) is 33.1 Å². The first-order valence-corrected chi connectivity index (χ1v) is 14.5. The Bertz CT molecular complexity index is 1610. The summed E-state index contributed by atoms with van der Waals surface area (Å²) in [7, 11) is 0. The topological polar surface area (TPSA) is 74.9 Å². The average Bonchev–Trinajstić information content (AvgIpc) is 3.64. The van der Waals surface area contributed by atoms with Crippen LogP contribution in [0.2, 0.25) is 0 Å². The molecule has 42 heavy (non-hydrogen) atoms. The van der Waals surface area contributed by atoms with Gasteiger partial charge >= 0.3 is 6.18 Å². The fraction of sp³-hybridized carbons (Fsp3) is 0.290. The van der Waals surface area contributed by atoms with Crippen LogP contribution in [0.5, 0.6) is 5.75 Å². The molecule has 0 amide bonds. The largest absolute Gasteiger partial charge is 0.491 e. The fourth-order valence-electron chi connectivity index (χ4n) is 4.92. The number of hydrogen-bond acceptors (Lipinski definition) is 8. The number of halogens is 3. The molecule has 0 saturated carbocycles. The minimum Gasteiger partial charge on any atom is -0.491 e. The molecule has 1 atom stereocenters. The van der Waals surface area contributed by atoms with E-state index in [0.717, 1.165) is 49.6 Å². The molecule has 2 aromatic heterocycles. The van der Waals surface area contributed by atoms with E-state index in [1.165, 1.54) is 23.5 Å². The van der Waals surface area contributed by atoms with Gasteiger partial charge in [0.25, 0.3) is 0 Å². The molecule has 0 radical (unpaired) electrons. The highest BCUT2D eigenvalue weighted by atomic mass is 32.1. The van der Waals surface area contributed by atoms with Crippen molar-refractivity contribution in [1.82, 2.24) is 19.8 Å². The Morgan fingerprint density at radius 2 is 1.64 bits per heavy atom. The second-order valence-corrected chi connectivity index (χ2v) is 11.1. The Labute approximate surface area is 244 Å². The van der Waals surface area contributed by atoms with Crippen LogP contribution in [0.1, 0.15) is 11.3 Å². The summed E-state index contributed by atoms with van der Waals surface area (Å²) < 4.78 is 50.2. The standard InChI is InChI=1S/C31H29F3N4O3S/c32-31(33,34)23-8-6-22(7-9-23)30-35-24(20-42-30)17-37-12-14-38(15-13-37)18-25(39)19-40-26-10-11-28-27(16-26)36-29(41-28)21-4-2-1-3-5-21/h1-11,16,20,25,39H,12-15,17-19H2. The maximum Gasteiger partial charge on any atom is 0.416 e. The van der Waals surface area contributed by atoms with Gasteiger partial charge in [0.2, 0.25) is 5.89 Å². The third kappa shape index (κ3) is 6.81. The number of aliphatic hydroxyl groups is 1. The van der Waals surface area contributed by atoms with Crippen molar-refractivity contribution in [2.24, 2.45) is 0 Å². The normalized spacial score (nSPS) is 15.7. The monoisotopic (exact) mass is 594 g/mol. The van der Waals surface area contributed by atoms with Gasteiger partial charge in [0.1, 0.15) is 29.0 Å². The number of nitrogens with zero attached hydrogens (tertiary/aromatic N) is 4. The number of rotatable bonds is 9. The Kier molecular flexibility index (Phi) is 8.25. The minimum atomic E-state index is -4.35. The van der Waals surface area contributed by atoms with Gasteiger partial charge in [-0.15, -0.1) is 11.3 Å². The number of benzene rings is 3. The number of fused-ring (bicyclic) bond motifs is 1. The van der Waals surface area contributed by atoms with Crippen LogP contribution in [0, 0.1) is 0 Å². The zero-order valence-corrected chi connectivity index (χ0v) is 23.4. The molecule has 1 unspecified atom stereocenters. The van der Waals surface area contributed by atoms with E-state index in [-0.39, 0.29) is 6.61 Å². The van der Waals surface area contributed by atoms with E-state index < -0.39 is 17.8 Å². The Morgan fingerprint density at radius 3 is 2.38 bits per heavy atom. The van der Waals surface area contributed by atoms with Gasteiger partial charge in [0.15, 0.2) is 5.58 Å². The highest BCUT2D eigenvalue weighted by Crippen LogP contribution is 2.32. The first-order chi connectivity index (χ1) is 20.3. The maximum atomic E-state index is 12.8. The summed E-state index contributed by atoms with van der Waals surface area (Å²) in [5.74, 6) is 1.18. The van der Waals surface area contributed by atoms with Crippen LogP contribution < -0.4 is 4.74 Å². The van der Waals surface area contributed by atoms with Gasteiger partial charge in [-0.2, -0.15) is 13.2 Å². The SMILES string of the molecule is OC(COc1ccc2oc(-c3ccccc3)nc2c1)CN1CCN(Cc2csc(-c3ccc(C(F)(F)F)cc3)n2)CC1. The lowest BCUT2D eigenvalue weighted by atomic mass is 10.1. The van der Waals surface area contributed by atoms with Gasteiger partial charge in [0, 0.05) is 61.8 Å². The molecular formula is C31H29F3N4O3S. The van der Waals surface area contributed by atoms with Gasteiger partial charge in [0.05, 0.1) is 11.3 Å². The van der Waals surface area contributed by atoms with Crippen LogP contribution in [0.15, 0.2) is 82.6 Å². The van der Waals surface area contributed by atoms with Gasteiger partial charge in [-0.05, 0) is 36.4 Å². The molecule has 7 nitrogen and oxygen atoms in total. The smallest absolute Gasteiger partial charge is 0.416 e. The summed E-state index contributed by atoms with van der Waals surface area (Å²) in [6.45, 7) is 4.61. The Morgan fingerprint density at radius 1 is 0.905 bits per heavy atom. The van der Waals surface area contributed by atoms with Gasteiger partial charge in [-0.3, -0.25) is 9.80 Å². The highest BCUT2D eigenvalue weighted by molar-refractivity contribution is 7.13. The second kappa shape index (κ2) is 12.2. The number of aromatic nitrogens is 2. The van der Waals surface area contributed by atoms with Crippen molar-refractivity contribution in [3.63, 3.8) is 0 Å². The number of thiazole rings is 1. The highest BCUT2D eigenvalue weighted by Gasteiger charge is 2.30. The lowest BCUT2D eigenvalue weighted by Gasteiger charge is -2.35. The number of oxazole rings is 1. The summed E-state index contributed by atoms with van der Waals surface area (Å²) in [5, 5.41) is 13.3. The van der Waals surface area contributed by atoms with E-state index in [1.54, 1.807) is 0 Å². The summed E-state index contributed by atoms with van der Waals surface area (Å²) in [6.07, 6.45) is -4.99. The lowest BCUT2D eigenvalue weighted by molar-refractivity contribution is -0.137. The average molecular weight is 595 g/mol. The quantitative estimate of drug-likeness (QED) is 0.218. The zero-order valence-electron chi connectivity index (χ0n) is 22.6. The van der Waals surface area contributed by atoms with Gasteiger partial charge < -0.3 is 14.3 Å². The molecule has 11 heteroatoms. The van der Waals surface area contributed by atoms with E-state index in [9.17, 15) is 18.3 Å². The van der Waals surface area contributed by atoms with E-state index in [4.69, 9.17) is 9.15 Å². The Balaban J connectivity index is 0.950. The van der Waals surface area contributed by atoms with E-state index in [1.807, 2.05) is 53.9 Å². The van der Waals surface area contributed by atoms with Crippen molar-refractivity contribution >= 4 is 22.4 Å². The molecule has 218 valence electrons. The minimum absolute atomic E-state index is 0.167. The van der Waals surface area contributed by atoms with E-state index >= 15 is 0 Å². The second-order valence-electron chi connectivity index (χ2n) is 10.3. The summed E-state index contributed by atoms with van der Waals surface area (Å²) in [4.78, 5) is 13.7. The number of ether oxygens (including phenoxy) is 1. The number of hydrogen-bond donors (Lipinski definition) is 1. The summed E-state index contributed by atoms with van der Waals surface area (Å²) >= 11 is 1.43. The molecule has 3 heterocycles. The molecule has 1 N–H and O–H groups in total. The van der Waals surface area contributed by atoms with Crippen LogP contribution in [0.4, 0.5) is 13.2 Å². The van der Waals surface area contributed by atoms with Crippen LogP contribution in [-0.4, -0.2) is 70.3 Å². The third-order valence-electron chi connectivity index (χ3n) is 7.15. The molecule has 5 aromatic rings. The first kappa shape index (κ1) is 28.4. The van der Waals surface area contributed by atoms with Crippen LogP contribution in [0.3, 0.4) is 0 Å².